The Hall–Kier alpha value is -3.90. The van der Waals surface area contributed by atoms with Gasteiger partial charge in [-0.1, -0.05) is 0 Å². The van der Waals surface area contributed by atoms with Crippen molar-refractivity contribution >= 4 is 23.3 Å². The second-order valence-corrected chi connectivity index (χ2v) is 8.87. The van der Waals surface area contributed by atoms with Gasteiger partial charge in [0.2, 0.25) is 0 Å². The van der Waals surface area contributed by atoms with Crippen LogP contribution in [-0.2, 0) is 11.8 Å². The number of imidazole rings is 1. The van der Waals surface area contributed by atoms with Gasteiger partial charge in [0, 0.05) is 44.0 Å². The number of anilines is 1. The van der Waals surface area contributed by atoms with Crippen LogP contribution in [0.25, 0.3) is 5.65 Å². The van der Waals surface area contributed by atoms with Gasteiger partial charge in [0.25, 0.3) is 5.91 Å². The molecule has 186 valence electrons. The monoisotopic (exact) mass is 493 g/mol. The highest BCUT2D eigenvalue weighted by molar-refractivity contribution is 6.00. The Kier molecular flexibility index (Phi) is 5.29. The summed E-state index contributed by atoms with van der Waals surface area (Å²) in [6.07, 6.45) is 0.299. The van der Waals surface area contributed by atoms with Crippen molar-refractivity contribution in [2.75, 3.05) is 25.5 Å². The van der Waals surface area contributed by atoms with E-state index in [4.69, 9.17) is 9.47 Å². The third-order valence-electron chi connectivity index (χ3n) is 6.34. The Morgan fingerprint density at radius 2 is 1.94 bits per heavy atom. The lowest BCUT2D eigenvalue weighted by molar-refractivity contribution is -0.274. The number of ether oxygens (including phenoxy) is 3. The predicted octanol–water partition coefficient (Wildman–Crippen LogP) is 3.43. The molecule has 1 aliphatic carbocycles. The number of fused-ring (bicyclic) bond motifs is 1. The number of amides is 2. The lowest BCUT2D eigenvalue weighted by Gasteiger charge is -2.58. The molecule has 1 saturated heterocycles. The number of halogens is 3. The zero-order valence-corrected chi connectivity index (χ0v) is 18.8. The molecule has 1 saturated carbocycles. The summed E-state index contributed by atoms with van der Waals surface area (Å²) in [4.78, 5) is 27.0. The van der Waals surface area contributed by atoms with Crippen LogP contribution in [-0.4, -0.2) is 63.7 Å². The van der Waals surface area contributed by atoms with E-state index in [2.05, 4.69) is 15.2 Å². The fourth-order valence-electron chi connectivity index (χ4n) is 4.80. The fraction of sp³-hybridized carbons (Fsp3) is 0.409. The van der Waals surface area contributed by atoms with Gasteiger partial charge in [-0.3, -0.25) is 10.1 Å². The number of carbonyl (C=O) groups excluding carboxylic acids is 2. The first-order valence-electron chi connectivity index (χ1n) is 10.8. The molecule has 0 unspecified atom stereocenters. The van der Waals surface area contributed by atoms with Crippen LogP contribution >= 0.6 is 0 Å². The number of hydrogen-bond donors (Lipinski definition) is 1. The van der Waals surface area contributed by atoms with E-state index in [0.29, 0.717) is 31.5 Å². The number of aryl methyl sites for hydroxylation is 1. The molecule has 13 heteroatoms. The Morgan fingerprint density at radius 3 is 2.63 bits per heavy atom. The molecule has 3 aromatic rings. The number of nitrogens with zero attached hydrogens (tertiary/aromatic N) is 4. The number of rotatable bonds is 5. The molecule has 1 aromatic carbocycles. The molecule has 0 atom stereocenters. The highest BCUT2D eigenvalue weighted by atomic mass is 19.4. The quantitative estimate of drug-likeness (QED) is 0.585. The van der Waals surface area contributed by atoms with E-state index >= 15 is 0 Å². The van der Waals surface area contributed by atoms with Crippen molar-refractivity contribution < 1.29 is 37.0 Å². The number of benzene rings is 1. The second kappa shape index (κ2) is 8.10. The molecule has 10 nitrogen and oxygen atoms in total. The molecule has 2 fully saturated rings. The van der Waals surface area contributed by atoms with Gasteiger partial charge in [0.1, 0.15) is 28.8 Å². The highest BCUT2D eigenvalue weighted by Gasteiger charge is 2.55. The Morgan fingerprint density at radius 1 is 1.20 bits per heavy atom. The normalized spacial score (nSPS) is 17.1. The summed E-state index contributed by atoms with van der Waals surface area (Å²) in [5, 5.41) is 6.60. The smallest absolute Gasteiger partial charge is 0.495 e. The fourth-order valence-corrected chi connectivity index (χ4v) is 4.80. The van der Waals surface area contributed by atoms with Crippen molar-refractivity contribution in [2.24, 2.45) is 12.5 Å². The van der Waals surface area contributed by atoms with Crippen molar-refractivity contribution in [3.05, 3.63) is 42.4 Å². The number of hydrogen-bond acceptors (Lipinski definition) is 6. The predicted molar refractivity (Wildman–Crippen MR) is 115 cm³/mol. The second-order valence-electron chi connectivity index (χ2n) is 8.87. The largest absolute Gasteiger partial charge is 0.573 e. The van der Waals surface area contributed by atoms with Gasteiger partial charge in [0.15, 0.2) is 0 Å². The van der Waals surface area contributed by atoms with E-state index in [0.717, 1.165) is 17.8 Å². The lowest BCUT2D eigenvalue weighted by atomic mass is 9.61. The molecule has 2 aromatic heterocycles. The van der Waals surface area contributed by atoms with Crippen molar-refractivity contribution in [3.8, 4) is 11.5 Å². The molecule has 1 spiro atoms. The third-order valence-corrected chi connectivity index (χ3v) is 6.34. The SMILES string of the molecule is COc1ccc(OC(F)(F)F)cc1NC(=O)OC1CC2(C1)CN(C(=O)c1cnn3ccn(C)c13)C2. The van der Waals surface area contributed by atoms with Crippen LogP contribution in [0.2, 0.25) is 0 Å². The minimum absolute atomic E-state index is 0.0122. The van der Waals surface area contributed by atoms with Crippen LogP contribution < -0.4 is 14.8 Å². The van der Waals surface area contributed by atoms with Gasteiger partial charge in [-0.15, -0.1) is 13.2 Å². The van der Waals surface area contributed by atoms with Crippen LogP contribution in [0.3, 0.4) is 0 Å². The molecule has 1 N–H and O–H groups in total. The molecule has 3 heterocycles. The third kappa shape index (κ3) is 4.33. The number of carbonyl (C=O) groups is 2. The van der Waals surface area contributed by atoms with E-state index in [-0.39, 0.29) is 28.9 Å². The zero-order chi connectivity index (χ0) is 25.0. The number of alkyl halides is 3. The zero-order valence-electron chi connectivity index (χ0n) is 18.8. The molecule has 2 amide bonds. The van der Waals surface area contributed by atoms with E-state index < -0.39 is 18.2 Å². The van der Waals surface area contributed by atoms with Gasteiger partial charge in [-0.2, -0.15) is 5.10 Å². The van der Waals surface area contributed by atoms with E-state index in [1.165, 1.54) is 13.2 Å². The van der Waals surface area contributed by atoms with Gasteiger partial charge in [-0.25, -0.2) is 9.31 Å². The number of nitrogens with one attached hydrogen (secondary N) is 1. The van der Waals surface area contributed by atoms with Crippen LogP contribution in [0.5, 0.6) is 11.5 Å². The number of likely N-dealkylation sites (tertiary alicyclic amines) is 1. The molecular weight excluding hydrogens is 471 g/mol. The van der Waals surface area contributed by atoms with E-state index in [9.17, 15) is 22.8 Å². The summed E-state index contributed by atoms with van der Waals surface area (Å²) >= 11 is 0. The number of methoxy groups -OCH3 is 1. The molecular formula is C22H22F3N5O5. The molecule has 2 aliphatic rings. The average Bonchev–Trinajstić information content (AvgIpc) is 3.30. The maximum absolute atomic E-state index is 12.9. The maximum atomic E-state index is 12.9. The van der Waals surface area contributed by atoms with E-state index in [1.807, 2.05) is 17.8 Å². The van der Waals surface area contributed by atoms with Gasteiger partial charge < -0.3 is 23.7 Å². The maximum Gasteiger partial charge on any atom is 0.573 e. The first kappa shape index (κ1) is 22.9. The highest BCUT2D eigenvalue weighted by Crippen LogP contribution is 2.50. The summed E-state index contributed by atoms with van der Waals surface area (Å²) in [7, 11) is 3.17. The minimum Gasteiger partial charge on any atom is -0.495 e. The lowest BCUT2D eigenvalue weighted by Crippen LogP contribution is -2.65. The summed E-state index contributed by atoms with van der Waals surface area (Å²) < 4.78 is 55.3. The summed E-state index contributed by atoms with van der Waals surface area (Å²) in [6, 6.07) is 3.33. The minimum atomic E-state index is -4.87. The molecule has 0 radical (unpaired) electrons. The Labute approximate surface area is 197 Å². The first-order valence-corrected chi connectivity index (χ1v) is 10.8. The van der Waals surface area contributed by atoms with Crippen LogP contribution in [0.4, 0.5) is 23.7 Å². The molecule has 35 heavy (non-hydrogen) atoms. The van der Waals surface area contributed by atoms with Crippen LogP contribution in [0, 0.1) is 5.41 Å². The number of aromatic nitrogens is 3. The molecule has 1 aliphatic heterocycles. The summed E-state index contributed by atoms with van der Waals surface area (Å²) in [5.41, 5.74) is 1.15. The van der Waals surface area contributed by atoms with Crippen LogP contribution in [0.1, 0.15) is 23.2 Å². The molecule has 0 bridgehead atoms. The van der Waals surface area contributed by atoms with Crippen molar-refractivity contribution in [1.82, 2.24) is 19.1 Å². The first-order chi connectivity index (χ1) is 16.6. The molecule has 5 rings (SSSR count). The van der Waals surface area contributed by atoms with Gasteiger partial charge >= 0.3 is 12.5 Å². The van der Waals surface area contributed by atoms with Crippen molar-refractivity contribution in [3.63, 3.8) is 0 Å². The van der Waals surface area contributed by atoms with E-state index in [1.54, 1.807) is 21.8 Å². The average molecular weight is 493 g/mol. The topological polar surface area (TPSA) is 99.3 Å². The summed E-state index contributed by atoms with van der Waals surface area (Å²) in [5.74, 6) is -0.439. The van der Waals surface area contributed by atoms with Gasteiger partial charge in [-0.05, 0) is 25.0 Å². The van der Waals surface area contributed by atoms with Gasteiger partial charge in [0.05, 0.1) is 19.0 Å². The Balaban J connectivity index is 1.13. The van der Waals surface area contributed by atoms with Crippen molar-refractivity contribution in [2.45, 2.75) is 25.3 Å². The van der Waals surface area contributed by atoms with Crippen LogP contribution in [0.15, 0.2) is 36.8 Å². The Bertz CT molecular complexity index is 1290. The van der Waals surface area contributed by atoms with Crippen molar-refractivity contribution in [1.29, 1.82) is 0 Å². The summed E-state index contributed by atoms with van der Waals surface area (Å²) in [6.45, 7) is 1.11. The standard InChI is InChI=1S/C22H22F3N5O5/c1-28-5-6-30-18(28)15(10-26-30)19(31)29-11-21(12-29)8-14(9-21)34-20(32)27-16-7-13(35-22(23,24)25)3-4-17(16)33-2/h3-7,10,14H,8-9,11-12H2,1-2H3,(H,27,32).